The minimum absolute atomic E-state index is 0.0345. The number of aromatic amines is 1. The van der Waals surface area contributed by atoms with Crippen molar-refractivity contribution >= 4 is 11.1 Å². The third kappa shape index (κ3) is 2.20. The van der Waals surface area contributed by atoms with Crippen molar-refractivity contribution in [3.8, 4) is 5.75 Å². The molecule has 0 aliphatic rings. The van der Waals surface area contributed by atoms with Gasteiger partial charge in [0, 0.05) is 6.20 Å². The number of hydrogen-bond donors (Lipinski definition) is 1. The number of hydrogen-bond acceptors (Lipinski definition) is 5. The molecule has 1 N–H and O–H groups in total. The Kier molecular flexibility index (Phi) is 2.86. The Morgan fingerprint density at radius 3 is 2.75 bits per heavy atom. The van der Waals surface area contributed by atoms with Gasteiger partial charge in [0.2, 0.25) is 0 Å². The summed E-state index contributed by atoms with van der Waals surface area (Å²) in [7, 11) is 1.60. The van der Waals surface area contributed by atoms with Crippen LogP contribution < -0.4 is 16.1 Å². The third-order valence-corrected chi connectivity index (χ3v) is 2.88. The van der Waals surface area contributed by atoms with E-state index in [0.29, 0.717) is 6.54 Å². The van der Waals surface area contributed by atoms with Crippen molar-refractivity contribution in [2.45, 2.75) is 6.54 Å². The van der Waals surface area contributed by atoms with E-state index in [0.717, 1.165) is 11.3 Å². The maximum atomic E-state index is 11.6. The molecule has 20 heavy (non-hydrogen) atoms. The second-order valence-corrected chi connectivity index (χ2v) is 4.24. The summed E-state index contributed by atoms with van der Waals surface area (Å²) in [4.78, 5) is 24.7. The van der Waals surface area contributed by atoms with Gasteiger partial charge in [0.15, 0.2) is 0 Å². The second kappa shape index (κ2) is 4.69. The van der Waals surface area contributed by atoms with Crippen LogP contribution in [-0.4, -0.2) is 21.9 Å². The van der Waals surface area contributed by atoms with Crippen molar-refractivity contribution in [1.82, 2.24) is 14.8 Å². The van der Waals surface area contributed by atoms with Gasteiger partial charge >= 0.3 is 5.76 Å². The summed E-state index contributed by atoms with van der Waals surface area (Å²) < 4.78 is 11.5. The molecule has 7 heteroatoms. The maximum Gasteiger partial charge on any atom is 0.421 e. The molecule has 2 heterocycles. The van der Waals surface area contributed by atoms with Crippen molar-refractivity contribution < 1.29 is 9.15 Å². The predicted octanol–water partition coefficient (Wildman–Crippen LogP) is 0.735. The number of fused-ring (bicyclic) bond motifs is 1. The van der Waals surface area contributed by atoms with Crippen LogP contribution in [-0.2, 0) is 6.54 Å². The molecule has 0 bridgehead atoms. The molecule has 0 atom stereocenters. The fraction of sp³-hybridized carbons (Fsp3) is 0.154. The minimum atomic E-state index is -0.808. The van der Waals surface area contributed by atoms with Crippen LogP contribution in [0.4, 0.5) is 0 Å². The first kappa shape index (κ1) is 12.2. The highest BCUT2D eigenvalue weighted by Gasteiger charge is 2.08. The minimum Gasteiger partial charge on any atom is -0.497 e. The SMILES string of the molecule is COc1ccc(Cn2cc3c(=O)[nH]c(=O)oc3n2)cc1. The maximum absolute atomic E-state index is 11.6. The molecule has 102 valence electrons. The van der Waals surface area contributed by atoms with Gasteiger partial charge in [-0.05, 0) is 17.7 Å². The Bertz CT molecular complexity index is 858. The van der Waals surface area contributed by atoms with Crippen molar-refractivity contribution in [2.24, 2.45) is 0 Å². The molecule has 0 spiro atoms. The molecular formula is C13H11N3O4. The largest absolute Gasteiger partial charge is 0.497 e. The van der Waals surface area contributed by atoms with Gasteiger partial charge in [-0.3, -0.25) is 14.5 Å². The van der Waals surface area contributed by atoms with Crippen LogP contribution in [0.5, 0.6) is 5.75 Å². The van der Waals surface area contributed by atoms with Crippen LogP contribution in [0.15, 0.2) is 44.5 Å². The Balaban J connectivity index is 1.96. The van der Waals surface area contributed by atoms with Gasteiger partial charge in [-0.15, -0.1) is 5.10 Å². The number of aromatic nitrogens is 3. The Hall–Kier alpha value is -2.83. The summed E-state index contributed by atoms with van der Waals surface area (Å²) in [5, 5.41) is 4.32. The summed E-state index contributed by atoms with van der Waals surface area (Å²) in [6.45, 7) is 0.460. The van der Waals surface area contributed by atoms with E-state index in [1.807, 2.05) is 24.3 Å². The van der Waals surface area contributed by atoms with E-state index in [9.17, 15) is 9.59 Å². The first-order chi connectivity index (χ1) is 9.65. The summed E-state index contributed by atoms with van der Waals surface area (Å²) in [6.07, 6.45) is 1.54. The smallest absolute Gasteiger partial charge is 0.421 e. The zero-order valence-electron chi connectivity index (χ0n) is 10.6. The zero-order valence-corrected chi connectivity index (χ0v) is 10.6. The number of H-pyrrole nitrogens is 1. The molecule has 0 aliphatic carbocycles. The van der Waals surface area contributed by atoms with Gasteiger partial charge < -0.3 is 9.15 Å². The van der Waals surface area contributed by atoms with E-state index < -0.39 is 11.3 Å². The van der Waals surface area contributed by atoms with Crippen molar-refractivity contribution in [3.63, 3.8) is 0 Å². The standard InChI is InChI=1S/C13H11N3O4/c1-19-9-4-2-8(3-5-9)6-16-7-10-11(17)14-13(18)20-12(10)15-16/h2-5,7H,6H2,1H3,(H,14,17,18). The van der Waals surface area contributed by atoms with Crippen LogP contribution in [0.3, 0.4) is 0 Å². The molecule has 0 amide bonds. The van der Waals surface area contributed by atoms with Crippen molar-refractivity contribution in [2.75, 3.05) is 7.11 Å². The lowest BCUT2D eigenvalue weighted by Crippen LogP contribution is -2.17. The fourth-order valence-electron chi connectivity index (χ4n) is 1.91. The Morgan fingerprint density at radius 1 is 1.30 bits per heavy atom. The molecule has 2 aromatic heterocycles. The van der Waals surface area contributed by atoms with E-state index in [-0.39, 0.29) is 11.1 Å². The summed E-state index contributed by atoms with van der Waals surface area (Å²) >= 11 is 0. The molecule has 7 nitrogen and oxygen atoms in total. The van der Waals surface area contributed by atoms with Gasteiger partial charge in [-0.25, -0.2) is 4.79 Å². The molecule has 0 saturated carbocycles. The van der Waals surface area contributed by atoms with E-state index in [2.05, 4.69) is 10.1 Å². The van der Waals surface area contributed by atoms with Crippen LogP contribution in [0.25, 0.3) is 11.1 Å². The van der Waals surface area contributed by atoms with E-state index in [1.165, 1.54) is 0 Å². The first-order valence-electron chi connectivity index (χ1n) is 5.89. The summed E-state index contributed by atoms with van der Waals surface area (Å²) in [5.41, 5.74) is 0.516. The molecule has 3 aromatic rings. The van der Waals surface area contributed by atoms with Gasteiger partial charge in [0.05, 0.1) is 13.7 Å². The van der Waals surface area contributed by atoms with E-state index in [4.69, 9.17) is 9.15 Å². The molecule has 3 rings (SSSR count). The molecule has 0 unspecified atom stereocenters. The molecule has 0 radical (unpaired) electrons. The molecule has 1 aromatic carbocycles. The number of nitrogens with zero attached hydrogens (tertiary/aromatic N) is 2. The lowest BCUT2D eigenvalue weighted by atomic mass is 10.2. The van der Waals surface area contributed by atoms with Gasteiger partial charge in [-0.1, -0.05) is 12.1 Å². The van der Waals surface area contributed by atoms with Crippen LogP contribution in [0.1, 0.15) is 5.56 Å². The quantitative estimate of drug-likeness (QED) is 0.760. The van der Waals surface area contributed by atoms with Gasteiger partial charge in [0.25, 0.3) is 11.3 Å². The number of ether oxygens (including phenoxy) is 1. The third-order valence-electron chi connectivity index (χ3n) is 2.88. The first-order valence-corrected chi connectivity index (χ1v) is 5.89. The summed E-state index contributed by atoms with van der Waals surface area (Å²) in [6, 6.07) is 7.47. The molecule has 0 aliphatic heterocycles. The van der Waals surface area contributed by atoms with E-state index >= 15 is 0 Å². The normalized spacial score (nSPS) is 10.8. The van der Waals surface area contributed by atoms with E-state index in [1.54, 1.807) is 18.0 Å². The topological polar surface area (TPSA) is 90.1 Å². The number of rotatable bonds is 3. The average molecular weight is 273 g/mol. The average Bonchev–Trinajstić information content (AvgIpc) is 2.82. The van der Waals surface area contributed by atoms with Crippen molar-refractivity contribution in [1.29, 1.82) is 0 Å². The predicted molar refractivity (Wildman–Crippen MR) is 71.0 cm³/mol. The fourth-order valence-corrected chi connectivity index (χ4v) is 1.91. The Morgan fingerprint density at radius 2 is 2.05 bits per heavy atom. The highest BCUT2D eigenvalue weighted by Crippen LogP contribution is 2.13. The molecule has 0 saturated heterocycles. The Labute approximate surface area is 112 Å². The van der Waals surface area contributed by atoms with Crippen LogP contribution >= 0.6 is 0 Å². The lowest BCUT2D eigenvalue weighted by Gasteiger charge is -2.03. The lowest BCUT2D eigenvalue weighted by molar-refractivity contribution is 0.414. The van der Waals surface area contributed by atoms with Crippen LogP contribution in [0.2, 0.25) is 0 Å². The molecular weight excluding hydrogens is 262 g/mol. The van der Waals surface area contributed by atoms with Crippen molar-refractivity contribution in [3.05, 3.63) is 56.9 Å². The summed E-state index contributed by atoms with van der Waals surface area (Å²) in [5.74, 6) is -0.0426. The van der Waals surface area contributed by atoms with Gasteiger partial charge in [-0.2, -0.15) is 0 Å². The highest BCUT2D eigenvalue weighted by molar-refractivity contribution is 5.70. The number of methoxy groups -OCH3 is 1. The number of nitrogens with one attached hydrogen (secondary N) is 1. The van der Waals surface area contributed by atoms with Gasteiger partial charge in [0.1, 0.15) is 11.1 Å². The number of benzene rings is 1. The highest BCUT2D eigenvalue weighted by atomic mass is 16.5. The second-order valence-electron chi connectivity index (χ2n) is 4.24. The zero-order chi connectivity index (χ0) is 14.1. The monoisotopic (exact) mass is 273 g/mol. The van der Waals surface area contributed by atoms with Crippen LogP contribution in [0, 0.1) is 0 Å². The molecule has 0 fully saturated rings.